The van der Waals surface area contributed by atoms with E-state index in [0.717, 1.165) is 16.7 Å². The first-order chi connectivity index (χ1) is 15.2. The van der Waals surface area contributed by atoms with Crippen LogP contribution in [0.5, 0.6) is 0 Å². The second-order valence-corrected chi connectivity index (χ2v) is 7.57. The van der Waals surface area contributed by atoms with Crippen LogP contribution in [0.15, 0.2) is 91.6 Å². The summed E-state index contributed by atoms with van der Waals surface area (Å²) in [6.07, 6.45) is 3.78. The molecule has 31 heavy (non-hydrogen) atoms. The molecule has 0 radical (unpaired) electrons. The summed E-state index contributed by atoms with van der Waals surface area (Å²) in [6, 6.07) is 23.0. The summed E-state index contributed by atoms with van der Waals surface area (Å²) in [5, 5.41) is 0. The lowest BCUT2D eigenvalue weighted by molar-refractivity contribution is -0.139. The van der Waals surface area contributed by atoms with Crippen molar-refractivity contribution in [2.45, 2.75) is 12.5 Å². The Morgan fingerprint density at radius 1 is 0.968 bits per heavy atom. The Kier molecular flexibility index (Phi) is 6.22. The quantitative estimate of drug-likeness (QED) is 0.580. The summed E-state index contributed by atoms with van der Waals surface area (Å²) in [4.78, 5) is 34.0. The van der Waals surface area contributed by atoms with Crippen LogP contribution in [-0.4, -0.2) is 52.3 Å². The molecule has 0 N–H and O–H groups in total. The molecule has 2 aromatic carbocycles. The lowest BCUT2D eigenvalue weighted by Gasteiger charge is -2.40. The van der Waals surface area contributed by atoms with Gasteiger partial charge in [0.05, 0.1) is 0 Å². The molecule has 1 atom stereocenters. The molecule has 0 saturated carbocycles. The molecule has 4 rings (SSSR count). The normalized spacial score (nSPS) is 16.3. The summed E-state index contributed by atoms with van der Waals surface area (Å²) < 4.78 is 0. The number of carbonyl (C=O) groups excluding carboxylic acids is 2. The van der Waals surface area contributed by atoms with E-state index in [1.54, 1.807) is 40.3 Å². The van der Waals surface area contributed by atoms with Crippen molar-refractivity contribution in [3.63, 3.8) is 0 Å². The van der Waals surface area contributed by atoms with Gasteiger partial charge in [0.2, 0.25) is 5.91 Å². The first-order valence-electron chi connectivity index (χ1n) is 10.4. The number of piperazine rings is 1. The number of hydrogen-bond donors (Lipinski definition) is 0. The highest BCUT2D eigenvalue weighted by Crippen LogP contribution is 2.22. The van der Waals surface area contributed by atoms with Crippen molar-refractivity contribution in [2.75, 3.05) is 19.6 Å². The number of benzene rings is 2. The molecule has 156 valence electrons. The molecule has 5 nitrogen and oxygen atoms in total. The van der Waals surface area contributed by atoms with Crippen LogP contribution in [0.3, 0.4) is 0 Å². The molecule has 5 heteroatoms. The highest BCUT2D eigenvalue weighted by molar-refractivity contribution is 5.97. The number of nitrogens with zero attached hydrogens (tertiary/aromatic N) is 3. The average Bonchev–Trinajstić information content (AvgIpc) is 2.83. The molecule has 3 aromatic rings. The number of pyridine rings is 1. The van der Waals surface area contributed by atoms with Crippen LogP contribution in [0.25, 0.3) is 11.1 Å². The lowest BCUT2D eigenvalue weighted by atomic mass is 9.98. The Bertz CT molecular complexity index is 1050. The van der Waals surface area contributed by atoms with E-state index in [2.05, 4.69) is 35.8 Å². The summed E-state index contributed by atoms with van der Waals surface area (Å²) in [5.41, 5.74) is 3.63. The third kappa shape index (κ3) is 4.56. The first kappa shape index (κ1) is 20.5. The Labute approximate surface area is 182 Å². The summed E-state index contributed by atoms with van der Waals surface area (Å²) in [6.45, 7) is 5.20. The van der Waals surface area contributed by atoms with Crippen molar-refractivity contribution in [2.24, 2.45) is 0 Å². The SMILES string of the molecule is C=CCN1CCN(C(=O)c2ccccn2)[C@H](Cc2ccc(-c3ccccc3)cc2)C1=O. The Balaban J connectivity index is 1.58. The van der Waals surface area contributed by atoms with Crippen LogP contribution < -0.4 is 0 Å². The minimum absolute atomic E-state index is 0.0532. The topological polar surface area (TPSA) is 53.5 Å². The lowest BCUT2D eigenvalue weighted by Crippen LogP contribution is -2.59. The second-order valence-electron chi connectivity index (χ2n) is 7.57. The molecule has 1 aliphatic heterocycles. The van der Waals surface area contributed by atoms with Gasteiger partial charge in [-0.05, 0) is 28.8 Å². The van der Waals surface area contributed by atoms with Crippen LogP contribution in [0, 0.1) is 0 Å². The summed E-state index contributed by atoms with van der Waals surface area (Å²) in [7, 11) is 0. The van der Waals surface area contributed by atoms with Gasteiger partial charge in [-0.15, -0.1) is 6.58 Å². The molecule has 0 aliphatic carbocycles. The smallest absolute Gasteiger partial charge is 0.273 e. The van der Waals surface area contributed by atoms with E-state index in [9.17, 15) is 9.59 Å². The zero-order valence-corrected chi connectivity index (χ0v) is 17.4. The van der Waals surface area contributed by atoms with Crippen molar-refractivity contribution in [3.05, 3.63) is 103 Å². The van der Waals surface area contributed by atoms with E-state index in [-0.39, 0.29) is 11.8 Å². The molecule has 0 spiro atoms. The van der Waals surface area contributed by atoms with Crippen LogP contribution in [0.2, 0.25) is 0 Å². The van der Waals surface area contributed by atoms with Gasteiger partial charge in [-0.3, -0.25) is 14.6 Å². The van der Waals surface area contributed by atoms with Gasteiger partial charge in [-0.25, -0.2) is 0 Å². The summed E-state index contributed by atoms with van der Waals surface area (Å²) >= 11 is 0. The van der Waals surface area contributed by atoms with E-state index >= 15 is 0 Å². The molecule has 1 saturated heterocycles. The fourth-order valence-electron chi connectivity index (χ4n) is 3.94. The minimum Gasteiger partial charge on any atom is -0.335 e. The predicted molar refractivity (Wildman–Crippen MR) is 121 cm³/mol. The van der Waals surface area contributed by atoms with E-state index in [4.69, 9.17) is 0 Å². The highest BCUT2D eigenvalue weighted by atomic mass is 16.2. The van der Waals surface area contributed by atoms with E-state index in [0.29, 0.717) is 31.7 Å². The van der Waals surface area contributed by atoms with Gasteiger partial charge < -0.3 is 9.80 Å². The van der Waals surface area contributed by atoms with Gasteiger partial charge in [-0.2, -0.15) is 0 Å². The number of amides is 2. The fraction of sp³-hybridized carbons (Fsp3) is 0.192. The number of rotatable bonds is 6. The van der Waals surface area contributed by atoms with Crippen molar-refractivity contribution in [1.29, 1.82) is 0 Å². The third-order valence-corrected chi connectivity index (χ3v) is 5.57. The van der Waals surface area contributed by atoms with E-state index < -0.39 is 6.04 Å². The minimum atomic E-state index is -0.564. The standard InChI is InChI=1S/C26H25N3O2/c1-2-16-28-17-18-29(25(30)23-10-6-7-15-27-23)24(26(28)31)19-20-11-13-22(14-12-20)21-8-4-3-5-9-21/h2-15,24H,1,16-19H2/t24-/m1/s1. The molecule has 1 fully saturated rings. The monoisotopic (exact) mass is 411 g/mol. The van der Waals surface area contributed by atoms with Crippen LogP contribution in [0.1, 0.15) is 16.1 Å². The molecule has 0 unspecified atom stereocenters. The zero-order valence-electron chi connectivity index (χ0n) is 17.4. The number of carbonyl (C=O) groups is 2. The maximum Gasteiger partial charge on any atom is 0.273 e. The Hall–Kier alpha value is -3.73. The van der Waals surface area contributed by atoms with E-state index in [1.165, 1.54) is 0 Å². The maximum absolute atomic E-state index is 13.2. The molecule has 0 bridgehead atoms. The van der Waals surface area contributed by atoms with Crippen molar-refractivity contribution >= 4 is 11.8 Å². The van der Waals surface area contributed by atoms with E-state index in [1.807, 2.05) is 30.3 Å². The second kappa shape index (κ2) is 9.39. The van der Waals surface area contributed by atoms with Gasteiger partial charge in [-0.1, -0.05) is 66.7 Å². The molecule has 2 heterocycles. The molecule has 2 amide bonds. The molecule has 1 aromatic heterocycles. The zero-order chi connectivity index (χ0) is 21.6. The number of aromatic nitrogens is 1. The van der Waals surface area contributed by atoms with Crippen molar-refractivity contribution in [3.8, 4) is 11.1 Å². The van der Waals surface area contributed by atoms with Crippen LogP contribution in [-0.2, 0) is 11.2 Å². The molecule has 1 aliphatic rings. The first-order valence-corrected chi connectivity index (χ1v) is 10.4. The Morgan fingerprint density at radius 2 is 1.68 bits per heavy atom. The maximum atomic E-state index is 13.2. The van der Waals surface area contributed by atoms with Gasteiger partial charge in [0.1, 0.15) is 11.7 Å². The largest absolute Gasteiger partial charge is 0.335 e. The van der Waals surface area contributed by atoms with Crippen molar-refractivity contribution < 1.29 is 9.59 Å². The predicted octanol–water partition coefficient (Wildman–Crippen LogP) is 3.83. The van der Waals surface area contributed by atoms with Gasteiger partial charge in [0, 0.05) is 32.3 Å². The van der Waals surface area contributed by atoms with Gasteiger partial charge in [0.25, 0.3) is 5.91 Å². The molecular formula is C26H25N3O2. The third-order valence-electron chi connectivity index (χ3n) is 5.57. The average molecular weight is 412 g/mol. The summed E-state index contributed by atoms with van der Waals surface area (Å²) in [5.74, 6) is -0.263. The van der Waals surface area contributed by atoms with Crippen LogP contribution >= 0.6 is 0 Å². The van der Waals surface area contributed by atoms with Crippen LogP contribution in [0.4, 0.5) is 0 Å². The highest BCUT2D eigenvalue weighted by Gasteiger charge is 2.37. The van der Waals surface area contributed by atoms with Gasteiger partial charge in [0.15, 0.2) is 0 Å². The number of hydrogen-bond acceptors (Lipinski definition) is 3. The molecular weight excluding hydrogens is 386 g/mol. The van der Waals surface area contributed by atoms with Crippen molar-refractivity contribution in [1.82, 2.24) is 14.8 Å². The fourth-order valence-corrected chi connectivity index (χ4v) is 3.94. The van der Waals surface area contributed by atoms with Gasteiger partial charge >= 0.3 is 0 Å². The Morgan fingerprint density at radius 3 is 2.35 bits per heavy atom.